The molecule has 0 atom stereocenters. The van der Waals surface area contributed by atoms with E-state index >= 15 is 0 Å². The second-order valence-corrected chi connectivity index (χ2v) is 33.8. The van der Waals surface area contributed by atoms with Gasteiger partial charge in [-0.2, -0.15) is 23.4 Å². The number of rotatable bonds is 2. The molecule has 4 rings (SSSR count). The van der Waals surface area contributed by atoms with E-state index in [0.29, 0.717) is 5.69 Å². The summed E-state index contributed by atoms with van der Waals surface area (Å²) in [6, 6.07) is 10.7. The first-order valence-electron chi connectivity index (χ1n) is 12.9. The van der Waals surface area contributed by atoms with Crippen molar-refractivity contribution in [2.45, 2.75) is 65.5 Å². The predicted octanol–water partition coefficient (Wildman–Crippen LogP) is 10.2. The predicted molar refractivity (Wildman–Crippen MR) is 177 cm³/mol. The minimum absolute atomic E-state index is 0.0964. The molecule has 0 unspecified atom stereocenters. The third-order valence-electron chi connectivity index (χ3n) is 5.37. The number of nitrogens with zero attached hydrogens (tertiary/aromatic N) is 4. The Bertz CT molecular complexity index is 1420. The molecule has 4 heterocycles. The quantitative estimate of drug-likeness (QED) is 0.196. The molecule has 0 aliphatic rings. The first kappa shape index (κ1) is 47.9. The molecule has 0 saturated heterocycles. The first-order chi connectivity index (χ1) is 20.6. The van der Waals surface area contributed by atoms with Gasteiger partial charge in [0, 0.05) is 18.1 Å². The van der Waals surface area contributed by atoms with Gasteiger partial charge in [0.05, 0.1) is 11.4 Å². The molecule has 0 fully saturated rings. The van der Waals surface area contributed by atoms with Gasteiger partial charge in [-0.05, 0) is 65.3 Å². The van der Waals surface area contributed by atoms with E-state index in [1.165, 1.54) is 68.7 Å². The van der Waals surface area contributed by atoms with Gasteiger partial charge in [-0.25, -0.2) is 0 Å². The summed E-state index contributed by atoms with van der Waals surface area (Å²) in [6.07, 6.45) is -0.995. The van der Waals surface area contributed by atoms with Crippen LogP contribution in [0.3, 0.4) is 0 Å². The number of H-pyrrole nitrogens is 2. The number of hydrogen-bond donors (Lipinski definition) is 2. The van der Waals surface area contributed by atoms with Crippen LogP contribution in [0.1, 0.15) is 64.1 Å². The third kappa shape index (κ3) is 21.1. The fourth-order valence-corrected chi connectivity index (χ4v) is 3.22. The Labute approximate surface area is 343 Å². The zero-order valence-electron chi connectivity index (χ0n) is 25.9. The molecule has 6 nitrogen and oxygen atoms in total. The van der Waals surface area contributed by atoms with E-state index in [-0.39, 0.29) is 16.5 Å². The molecule has 0 aromatic carbocycles. The van der Waals surface area contributed by atoms with Crippen LogP contribution in [0, 0.1) is 6.92 Å². The van der Waals surface area contributed by atoms with E-state index in [4.69, 9.17) is 56.5 Å². The molecule has 0 radical (unpaired) electrons. The van der Waals surface area contributed by atoms with Gasteiger partial charge in [-0.15, -0.1) is 0 Å². The zero-order valence-corrected chi connectivity index (χ0v) is 41.3. The maximum absolute atomic E-state index is 12.5. The maximum atomic E-state index is 12.5. The van der Waals surface area contributed by atoms with Crippen LogP contribution in [0.25, 0.3) is 22.8 Å². The van der Waals surface area contributed by atoms with Crippen molar-refractivity contribution in [1.82, 2.24) is 30.4 Å². The molecule has 0 saturated carbocycles. The van der Waals surface area contributed by atoms with Gasteiger partial charge in [0.25, 0.3) is 0 Å². The number of hydrogen-bond acceptors (Lipinski definition) is 4. The van der Waals surface area contributed by atoms with Crippen LogP contribution in [0.15, 0.2) is 48.8 Å². The van der Waals surface area contributed by atoms with E-state index in [0.717, 1.165) is 28.7 Å². The van der Waals surface area contributed by atoms with Crippen LogP contribution < -0.4 is 0 Å². The van der Waals surface area contributed by atoms with Crippen LogP contribution in [0.4, 0.5) is 13.2 Å². The molecule has 0 bridgehead atoms. The normalized spacial score (nSPS) is 11.9. The summed E-state index contributed by atoms with van der Waals surface area (Å²) >= 11 is -1.03. The Balaban J connectivity index is 0.000000672. The van der Waals surface area contributed by atoms with Crippen molar-refractivity contribution in [2.75, 3.05) is 0 Å². The van der Waals surface area contributed by atoms with E-state index in [9.17, 15) is 13.2 Å². The van der Waals surface area contributed by atoms with Crippen molar-refractivity contribution in [2.24, 2.45) is 0 Å². The van der Waals surface area contributed by atoms with Crippen LogP contribution in [0.5, 0.6) is 0 Å². The summed E-state index contributed by atoms with van der Waals surface area (Å²) < 4.78 is 37.5. The fraction of sp³-hybridized carbons (Fsp3) is 0.385. The standard InChI is InChI=1S/C13H14F3N3.C13H17N3.6ClH.2K.2Pt/c1-12(2,3)8-4-5-17-9(6-8)10-7-11(19-18-10)13(14,15)16;1-9-7-12(16-15-9)11-8-10(5-6-14-11)13(2,3)4;;;;;;;;;;/h4-7H,1-3H3,(H,18,19);5-8H,1-4H3,(H,15,16);6*1H;;;;/q;;;;;;;;;;+2;+4/p-6. The van der Waals surface area contributed by atoms with E-state index in [1.807, 2.05) is 51.1 Å². The molecule has 19 heteroatoms. The molecular formula is C26H31Cl6F3K2N6Pt2. The van der Waals surface area contributed by atoms with Crippen molar-refractivity contribution in [3.8, 4) is 22.8 Å². The van der Waals surface area contributed by atoms with Gasteiger partial charge in [-0.1, -0.05) is 41.5 Å². The minimum atomic E-state index is -4.42. The molecule has 0 aliphatic heterocycles. The zero-order chi connectivity index (χ0) is 35.2. The summed E-state index contributed by atoms with van der Waals surface area (Å²) in [5, 5.41) is 12.8. The number of alkyl halides is 3. The number of aromatic nitrogens is 6. The van der Waals surface area contributed by atoms with E-state index in [2.05, 4.69) is 58.2 Å². The van der Waals surface area contributed by atoms with Gasteiger partial charge >= 0.3 is 154 Å². The van der Waals surface area contributed by atoms with Crippen LogP contribution in [0.2, 0.25) is 0 Å². The van der Waals surface area contributed by atoms with Crippen molar-refractivity contribution < 1.29 is 41.5 Å². The van der Waals surface area contributed by atoms with Gasteiger partial charge in [0.1, 0.15) is 17.1 Å². The molecule has 250 valence electrons. The van der Waals surface area contributed by atoms with Crippen molar-refractivity contribution in [1.29, 1.82) is 0 Å². The van der Waals surface area contributed by atoms with E-state index < -0.39 is 40.2 Å². The monoisotopic (exact) mass is 1160 g/mol. The number of aryl methyl sites for hydroxylation is 1. The average molecular weight is 1170 g/mol. The molecule has 0 aliphatic carbocycles. The average Bonchev–Trinajstić information content (AvgIpc) is 3.59. The Morgan fingerprint density at radius 1 is 0.689 bits per heavy atom. The Morgan fingerprint density at radius 3 is 1.33 bits per heavy atom. The topological polar surface area (TPSA) is 83.1 Å². The Kier molecular flexibility index (Phi) is 24.2. The summed E-state index contributed by atoms with van der Waals surface area (Å²) in [5.74, 6) is 0. The van der Waals surface area contributed by atoms with Gasteiger partial charge in [0.15, 0.2) is 0 Å². The summed E-state index contributed by atoms with van der Waals surface area (Å²) in [5.41, 5.74) is 4.96. The molecule has 4 aromatic heterocycles. The van der Waals surface area contributed by atoms with Crippen molar-refractivity contribution >= 4 is 120 Å². The summed E-state index contributed by atoms with van der Waals surface area (Å²) in [6.45, 7) is 14.7. The molecular weight excluding hydrogens is 1130 g/mol. The Morgan fingerprint density at radius 2 is 1.04 bits per heavy atom. The van der Waals surface area contributed by atoms with Crippen molar-refractivity contribution in [3.05, 3.63) is 71.3 Å². The second kappa shape index (κ2) is 22.8. The second-order valence-electron chi connectivity index (χ2n) is 10.8. The molecule has 2 N–H and O–H groups in total. The van der Waals surface area contributed by atoms with Gasteiger partial charge in [0.2, 0.25) is 0 Å². The Hall–Kier alpha value is 2.90. The van der Waals surface area contributed by atoms with Gasteiger partial charge < -0.3 is 0 Å². The van der Waals surface area contributed by atoms with Crippen molar-refractivity contribution in [3.63, 3.8) is 0 Å². The number of pyridine rings is 2. The molecule has 4 aromatic rings. The first-order valence-corrected chi connectivity index (χ1v) is 45.8. The van der Waals surface area contributed by atoms with Crippen LogP contribution >= 0.6 is 56.5 Å². The molecule has 0 amide bonds. The fourth-order valence-electron chi connectivity index (χ4n) is 3.22. The van der Waals surface area contributed by atoms with E-state index in [1.54, 1.807) is 12.3 Å². The number of halogens is 9. The van der Waals surface area contributed by atoms with Crippen LogP contribution in [-0.2, 0) is 45.4 Å². The molecule has 45 heavy (non-hydrogen) atoms. The third-order valence-corrected chi connectivity index (χ3v) is 5.37. The number of nitrogens with one attached hydrogen (secondary N) is 2. The SMILES string of the molecule is CC(C)(C)c1ccnc(-c2cc(C(F)(F)F)[nH]n2)c1.Cc1cc(-c2cc(C(C)(C)C)ccn2)n[nH]1.[Cl][Pt]([Cl])([Cl])[Cl].[Cl][Pt][Cl].[K][K]. The van der Waals surface area contributed by atoms with Crippen LogP contribution in [-0.4, -0.2) is 93.5 Å². The summed E-state index contributed by atoms with van der Waals surface area (Å²) in [7, 11) is 29.8. The summed E-state index contributed by atoms with van der Waals surface area (Å²) in [4.78, 5) is 8.42. The van der Waals surface area contributed by atoms with Gasteiger partial charge in [-0.3, -0.25) is 20.2 Å². The molecule has 0 spiro atoms. The number of aromatic amines is 2.